The Kier molecular flexibility index (Phi) is 7.34. The highest BCUT2D eigenvalue weighted by molar-refractivity contribution is 7.92. The number of nitrogens with one attached hydrogen (secondary N) is 3. The van der Waals surface area contributed by atoms with E-state index in [4.69, 9.17) is 0 Å². The van der Waals surface area contributed by atoms with Crippen molar-refractivity contribution in [2.24, 2.45) is 0 Å². The van der Waals surface area contributed by atoms with Crippen molar-refractivity contribution in [1.82, 2.24) is 20.2 Å². The van der Waals surface area contributed by atoms with E-state index in [0.717, 1.165) is 24.3 Å². The van der Waals surface area contributed by atoms with Crippen molar-refractivity contribution in [3.63, 3.8) is 0 Å². The van der Waals surface area contributed by atoms with E-state index in [9.17, 15) is 13.2 Å². The Morgan fingerprint density at radius 1 is 0.947 bits per heavy atom. The molecule has 3 aromatic carbocycles. The molecule has 0 aliphatic carbocycles. The number of benzene rings is 3. The van der Waals surface area contributed by atoms with Gasteiger partial charge < -0.3 is 15.5 Å². The number of aromatic nitrogens is 2. The second kappa shape index (κ2) is 11.0. The van der Waals surface area contributed by atoms with Crippen molar-refractivity contribution in [2.45, 2.75) is 17.9 Å². The van der Waals surface area contributed by atoms with E-state index in [2.05, 4.69) is 25.3 Å². The zero-order valence-corrected chi connectivity index (χ0v) is 21.7. The van der Waals surface area contributed by atoms with E-state index in [-0.39, 0.29) is 16.8 Å². The van der Waals surface area contributed by atoms with E-state index in [1.165, 1.54) is 0 Å². The average Bonchev–Trinajstić information content (AvgIpc) is 2.94. The van der Waals surface area contributed by atoms with Gasteiger partial charge in [-0.05, 0) is 61.5 Å². The molecule has 9 nitrogen and oxygen atoms in total. The van der Waals surface area contributed by atoms with Crippen molar-refractivity contribution in [1.29, 1.82) is 0 Å². The highest BCUT2D eigenvalue weighted by Gasteiger charge is 2.23. The number of piperazine rings is 1. The third kappa shape index (κ3) is 5.82. The maximum absolute atomic E-state index is 12.9. The number of rotatable bonds is 7. The number of carbonyl (C=O) groups is 1. The highest BCUT2D eigenvalue weighted by atomic mass is 32.2. The maximum atomic E-state index is 12.9. The number of nitrogens with zero attached hydrogens (tertiary/aromatic N) is 3. The van der Waals surface area contributed by atoms with Gasteiger partial charge in [-0.15, -0.1) is 0 Å². The minimum atomic E-state index is -3.66. The number of hydrogen-bond donors (Lipinski definition) is 3. The number of sulfonamides is 1. The Labute approximate surface area is 222 Å². The first-order chi connectivity index (χ1) is 18.4. The second-order valence-corrected chi connectivity index (χ2v) is 10.7. The average molecular weight is 529 g/mol. The van der Waals surface area contributed by atoms with Gasteiger partial charge in [-0.2, -0.15) is 0 Å². The van der Waals surface area contributed by atoms with E-state index in [1.807, 2.05) is 24.0 Å². The summed E-state index contributed by atoms with van der Waals surface area (Å²) in [6.45, 7) is 4.34. The lowest BCUT2D eigenvalue weighted by atomic mass is 10.1. The molecule has 10 heteroatoms. The van der Waals surface area contributed by atoms with Gasteiger partial charge in [0.1, 0.15) is 0 Å². The predicted molar refractivity (Wildman–Crippen MR) is 148 cm³/mol. The molecular formula is C28H28N6O3S. The van der Waals surface area contributed by atoms with Crippen LogP contribution in [0.25, 0.3) is 11.3 Å². The molecule has 3 N–H and O–H groups in total. The van der Waals surface area contributed by atoms with E-state index in [0.29, 0.717) is 29.4 Å². The molecule has 38 heavy (non-hydrogen) atoms. The number of anilines is 3. The summed E-state index contributed by atoms with van der Waals surface area (Å²) in [6.07, 6.45) is 1.65. The van der Waals surface area contributed by atoms with Crippen LogP contribution in [0.1, 0.15) is 17.3 Å². The monoisotopic (exact) mass is 528 g/mol. The smallest absolute Gasteiger partial charge is 0.261 e. The van der Waals surface area contributed by atoms with Crippen LogP contribution in [0, 0.1) is 0 Å². The van der Waals surface area contributed by atoms with Crippen molar-refractivity contribution in [3.05, 3.63) is 96.7 Å². The second-order valence-electron chi connectivity index (χ2n) is 9.02. The highest BCUT2D eigenvalue weighted by Crippen LogP contribution is 2.23. The molecule has 1 aromatic heterocycles. The SMILES string of the molecule is C[C@H]1CNCCN1C(=O)c1ccc(Nc2nccc(-c3ccc(NS(=O)(=O)c4ccccc4)cc3)n2)cc1. The largest absolute Gasteiger partial charge is 0.333 e. The fourth-order valence-corrected chi connectivity index (χ4v) is 5.32. The molecule has 0 saturated carbocycles. The molecule has 1 fully saturated rings. The first kappa shape index (κ1) is 25.4. The molecule has 1 aliphatic rings. The lowest BCUT2D eigenvalue weighted by Gasteiger charge is -2.34. The molecule has 1 saturated heterocycles. The Morgan fingerprint density at radius 3 is 2.37 bits per heavy atom. The first-order valence-electron chi connectivity index (χ1n) is 12.3. The van der Waals surface area contributed by atoms with Crippen molar-refractivity contribution in [2.75, 3.05) is 29.7 Å². The molecule has 1 atom stereocenters. The lowest BCUT2D eigenvalue weighted by molar-refractivity contribution is 0.0656. The van der Waals surface area contributed by atoms with Gasteiger partial charge in [0.05, 0.1) is 10.6 Å². The summed E-state index contributed by atoms with van der Waals surface area (Å²) in [7, 11) is -3.66. The summed E-state index contributed by atoms with van der Waals surface area (Å²) < 4.78 is 27.7. The zero-order valence-electron chi connectivity index (χ0n) is 20.8. The Morgan fingerprint density at radius 2 is 1.66 bits per heavy atom. The van der Waals surface area contributed by atoms with Crippen LogP contribution in [0.4, 0.5) is 17.3 Å². The quantitative estimate of drug-likeness (QED) is 0.330. The molecule has 2 heterocycles. The van der Waals surface area contributed by atoms with Crippen molar-refractivity contribution in [3.8, 4) is 11.3 Å². The minimum absolute atomic E-state index is 0.0262. The zero-order chi connectivity index (χ0) is 26.5. The van der Waals surface area contributed by atoms with Crippen molar-refractivity contribution >= 4 is 33.3 Å². The Balaban J connectivity index is 1.25. The van der Waals surface area contributed by atoms with Crippen LogP contribution in [-0.2, 0) is 10.0 Å². The summed E-state index contributed by atoms with van der Waals surface area (Å²) in [5.41, 5.74) is 3.35. The van der Waals surface area contributed by atoms with Gasteiger partial charge in [0.15, 0.2) is 0 Å². The van der Waals surface area contributed by atoms with Gasteiger partial charge in [0, 0.05) is 54.4 Å². The molecule has 0 unspecified atom stereocenters. The summed E-state index contributed by atoms with van der Waals surface area (Å²) >= 11 is 0. The van der Waals surface area contributed by atoms with Crippen LogP contribution in [0.5, 0.6) is 0 Å². The van der Waals surface area contributed by atoms with Crippen LogP contribution in [0.2, 0.25) is 0 Å². The van der Waals surface area contributed by atoms with Crippen LogP contribution in [0.3, 0.4) is 0 Å². The summed E-state index contributed by atoms with van der Waals surface area (Å²) in [6, 6.07) is 24.4. The van der Waals surface area contributed by atoms with Crippen LogP contribution in [0.15, 0.2) is 96.0 Å². The third-order valence-corrected chi connectivity index (χ3v) is 7.69. The van der Waals surface area contributed by atoms with Gasteiger partial charge >= 0.3 is 0 Å². The molecule has 0 bridgehead atoms. The summed E-state index contributed by atoms with van der Waals surface area (Å²) in [5, 5.41) is 6.48. The van der Waals surface area contributed by atoms with E-state index >= 15 is 0 Å². The van der Waals surface area contributed by atoms with Gasteiger partial charge in [-0.3, -0.25) is 9.52 Å². The van der Waals surface area contributed by atoms with Crippen LogP contribution in [-0.4, -0.2) is 54.9 Å². The molecule has 0 spiro atoms. The van der Waals surface area contributed by atoms with E-state index in [1.54, 1.807) is 79.0 Å². The van der Waals surface area contributed by atoms with Crippen molar-refractivity contribution < 1.29 is 13.2 Å². The fourth-order valence-electron chi connectivity index (χ4n) is 4.24. The molecular weight excluding hydrogens is 500 g/mol. The standard InChI is InChI=1S/C28H28N6O3S/c1-20-19-29-17-18-34(20)27(35)22-9-11-23(12-10-22)31-28-30-16-15-26(32-28)21-7-13-24(14-8-21)33-38(36,37)25-5-3-2-4-6-25/h2-16,20,29,33H,17-19H2,1H3,(H,30,31,32)/t20-/m0/s1. The van der Waals surface area contributed by atoms with Crippen LogP contribution >= 0.6 is 0 Å². The Hall–Kier alpha value is -4.28. The third-order valence-electron chi connectivity index (χ3n) is 6.29. The molecule has 1 aliphatic heterocycles. The number of carbonyl (C=O) groups excluding carboxylic acids is 1. The van der Waals surface area contributed by atoms with Gasteiger partial charge in [-0.1, -0.05) is 30.3 Å². The van der Waals surface area contributed by atoms with E-state index < -0.39 is 10.0 Å². The summed E-state index contributed by atoms with van der Waals surface area (Å²) in [5.74, 6) is 0.435. The molecule has 194 valence electrons. The molecule has 5 rings (SSSR count). The number of hydrogen-bond acceptors (Lipinski definition) is 7. The minimum Gasteiger partial charge on any atom is -0.333 e. The van der Waals surface area contributed by atoms with Gasteiger partial charge in [-0.25, -0.2) is 18.4 Å². The summed E-state index contributed by atoms with van der Waals surface area (Å²) in [4.78, 5) is 23.9. The normalized spacial score (nSPS) is 15.6. The van der Waals surface area contributed by atoms with Crippen LogP contribution < -0.4 is 15.4 Å². The Bertz CT molecular complexity index is 1510. The fraction of sp³-hybridized carbons (Fsp3) is 0.179. The topological polar surface area (TPSA) is 116 Å². The lowest BCUT2D eigenvalue weighted by Crippen LogP contribution is -2.52. The van der Waals surface area contributed by atoms with Gasteiger partial charge in [0.2, 0.25) is 5.95 Å². The molecule has 0 radical (unpaired) electrons. The predicted octanol–water partition coefficient (Wildman–Crippen LogP) is 4.12. The van der Waals surface area contributed by atoms with Gasteiger partial charge in [0.25, 0.3) is 15.9 Å². The molecule has 4 aromatic rings. The maximum Gasteiger partial charge on any atom is 0.261 e. The number of amides is 1. The molecule has 1 amide bonds. The first-order valence-corrected chi connectivity index (χ1v) is 13.8.